The number of nitrogens with zero attached hydrogens (tertiary/aromatic N) is 2. The maximum atomic E-state index is 12.3. The van der Waals surface area contributed by atoms with Crippen LogP contribution in [0.1, 0.15) is 47.0 Å². The van der Waals surface area contributed by atoms with E-state index < -0.39 is 5.60 Å². The molecular weight excluding hydrogens is 306 g/mol. The van der Waals surface area contributed by atoms with Crippen LogP contribution in [-0.2, 0) is 9.47 Å². The van der Waals surface area contributed by atoms with Crippen LogP contribution in [-0.4, -0.2) is 80.5 Å². The first-order valence-electron chi connectivity index (χ1n) is 9.14. The molecule has 1 fully saturated rings. The molecule has 1 aliphatic heterocycles. The number of ether oxygens (including phenoxy) is 2. The smallest absolute Gasteiger partial charge is 0.410 e. The van der Waals surface area contributed by atoms with E-state index in [-0.39, 0.29) is 12.1 Å². The van der Waals surface area contributed by atoms with E-state index in [2.05, 4.69) is 17.1 Å². The van der Waals surface area contributed by atoms with Crippen LogP contribution in [0.4, 0.5) is 4.79 Å². The molecule has 6 heteroatoms. The number of amides is 1. The zero-order valence-electron chi connectivity index (χ0n) is 16.4. The van der Waals surface area contributed by atoms with Gasteiger partial charge in [-0.25, -0.2) is 4.79 Å². The molecule has 1 aliphatic rings. The van der Waals surface area contributed by atoms with Crippen molar-refractivity contribution < 1.29 is 14.3 Å². The Kier molecular flexibility index (Phi) is 9.02. The van der Waals surface area contributed by atoms with E-state index in [1.54, 1.807) is 0 Å². The van der Waals surface area contributed by atoms with Crippen LogP contribution in [0.2, 0.25) is 0 Å². The van der Waals surface area contributed by atoms with Gasteiger partial charge in [0, 0.05) is 31.7 Å². The van der Waals surface area contributed by atoms with Crippen LogP contribution >= 0.6 is 0 Å². The SMILES string of the molecule is CC(CC1CCCN1C(=O)OC(C)(C)C)NCCOCCN(C)C. The van der Waals surface area contributed by atoms with Gasteiger partial charge in [0.25, 0.3) is 0 Å². The monoisotopic (exact) mass is 343 g/mol. The van der Waals surface area contributed by atoms with E-state index in [0.29, 0.717) is 6.04 Å². The quantitative estimate of drug-likeness (QED) is 0.651. The van der Waals surface area contributed by atoms with Gasteiger partial charge in [0.15, 0.2) is 0 Å². The number of hydrogen-bond acceptors (Lipinski definition) is 5. The summed E-state index contributed by atoms with van der Waals surface area (Å²) in [7, 11) is 4.09. The number of carbonyl (C=O) groups is 1. The molecule has 0 spiro atoms. The van der Waals surface area contributed by atoms with E-state index in [4.69, 9.17) is 9.47 Å². The normalized spacial score (nSPS) is 19.8. The average molecular weight is 344 g/mol. The van der Waals surface area contributed by atoms with Gasteiger partial charge in [0.1, 0.15) is 5.60 Å². The van der Waals surface area contributed by atoms with E-state index in [0.717, 1.165) is 52.1 Å². The lowest BCUT2D eigenvalue weighted by Crippen LogP contribution is -2.43. The lowest BCUT2D eigenvalue weighted by Gasteiger charge is -2.30. The lowest BCUT2D eigenvalue weighted by molar-refractivity contribution is 0.0213. The second kappa shape index (κ2) is 10.2. The Bertz CT molecular complexity index is 369. The van der Waals surface area contributed by atoms with Crippen molar-refractivity contribution in [2.75, 3.05) is 46.9 Å². The van der Waals surface area contributed by atoms with Gasteiger partial charge >= 0.3 is 6.09 Å². The molecule has 142 valence electrons. The number of hydrogen-bond donors (Lipinski definition) is 1. The van der Waals surface area contributed by atoms with E-state index in [9.17, 15) is 4.79 Å². The minimum Gasteiger partial charge on any atom is -0.444 e. The van der Waals surface area contributed by atoms with Crippen LogP contribution in [0.3, 0.4) is 0 Å². The molecular formula is C18H37N3O3. The number of nitrogens with one attached hydrogen (secondary N) is 1. The van der Waals surface area contributed by atoms with E-state index >= 15 is 0 Å². The second-order valence-corrected chi connectivity index (χ2v) is 7.98. The summed E-state index contributed by atoms with van der Waals surface area (Å²) in [6, 6.07) is 0.632. The Morgan fingerprint density at radius 2 is 2.04 bits per heavy atom. The van der Waals surface area contributed by atoms with Crippen LogP contribution in [0.25, 0.3) is 0 Å². The van der Waals surface area contributed by atoms with Crippen molar-refractivity contribution in [2.24, 2.45) is 0 Å². The number of likely N-dealkylation sites (tertiary alicyclic amines) is 1. The summed E-state index contributed by atoms with van der Waals surface area (Å²) in [4.78, 5) is 16.3. The van der Waals surface area contributed by atoms with Crippen molar-refractivity contribution in [2.45, 2.75) is 64.6 Å². The highest BCUT2D eigenvalue weighted by Gasteiger charge is 2.32. The second-order valence-electron chi connectivity index (χ2n) is 7.98. The van der Waals surface area contributed by atoms with E-state index in [1.165, 1.54) is 0 Å². The summed E-state index contributed by atoms with van der Waals surface area (Å²) >= 11 is 0. The van der Waals surface area contributed by atoms with Crippen molar-refractivity contribution in [1.29, 1.82) is 0 Å². The fraction of sp³-hybridized carbons (Fsp3) is 0.944. The molecule has 1 saturated heterocycles. The summed E-state index contributed by atoms with van der Waals surface area (Å²) in [5.41, 5.74) is -0.433. The molecule has 2 unspecified atom stereocenters. The topological polar surface area (TPSA) is 54.0 Å². The molecule has 0 aromatic carbocycles. The third kappa shape index (κ3) is 8.85. The number of rotatable bonds is 9. The van der Waals surface area contributed by atoms with Gasteiger partial charge in [0.05, 0.1) is 13.2 Å². The highest BCUT2D eigenvalue weighted by atomic mass is 16.6. The van der Waals surface area contributed by atoms with Crippen molar-refractivity contribution >= 4 is 6.09 Å². The van der Waals surface area contributed by atoms with Gasteiger partial charge < -0.3 is 24.6 Å². The van der Waals surface area contributed by atoms with E-state index in [1.807, 2.05) is 39.8 Å². The zero-order chi connectivity index (χ0) is 18.2. The third-order valence-electron chi connectivity index (χ3n) is 4.05. The van der Waals surface area contributed by atoms with Gasteiger partial charge in [-0.3, -0.25) is 0 Å². The largest absolute Gasteiger partial charge is 0.444 e. The Labute approximate surface area is 147 Å². The molecule has 2 atom stereocenters. The summed E-state index contributed by atoms with van der Waals surface area (Å²) in [6.07, 6.45) is 2.90. The fourth-order valence-corrected chi connectivity index (χ4v) is 2.86. The summed E-state index contributed by atoms with van der Waals surface area (Å²) < 4.78 is 11.1. The number of likely N-dealkylation sites (N-methyl/N-ethyl adjacent to an activating group) is 1. The Morgan fingerprint density at radius 3 is 2.67 bits per heavy atom. The van der Waals surface area contributed by atoms with Gasteiger partial charge in [-0.05, 0) is 61.1 Å². The molecule has 6 nitrogen and oxygen atoms in total. The highest BCUT2D eigenvalue weighted by Crippen LogP contribution is 2.23. The first kappa shape index (κ1) is 21.2. The van der Waals surface area contributed by atoms with Gasteiger partial charge in [-0.2, -0.15) is 0 Å². The van der Waals surface area contributed by atoms with Crippen LogP contribution < -0.4 is 5.32 Å². The summed E-state index contributed by atoms with van der Waals surface area (Å²) in [5, 5.41) is 3.49. The Balaban J connectivity index is 2.25. The van der Waals surface area contributed by atoms with Gasteiger partial charge in [-0.15, -0.1) is 0 Å². The van der Waals surface area contributed by atoms with Crippen molar-refractivity contribution in [3.63, 3.8) is 0 Å². The van der Waals surface area contributed by atoms with Crippen LogP contribution in [0.5, 0.6) is 0 Å². The van der Waals surface area contributed by atoms with Crippen LogP contribution in [0, 0.1) is 0 Å². The number of carbonyl (C=O) groups excluding carboxylic acids is 1. The molecule has 1 heterocycles. The maximum Gasteiger partial charge on any atom is 0.410 e. The predicted octanol–water partition coefficient (Wildman–Crippen LogP) is 2.33. The molecule has 24 heavy (non-hydrogen) atoms. The lowest BCUT2D eigenvalue weighted by atomic mass is 10.1. The summed E-state index contributed by atoms with van der Waals surface area (Å²) in [6.45, 7) is 12.0. The standard InChI is InChI=1S/C18H37N3O3/c1-15(19-9-12-23-13-11-20(5)6)14-16-8-7-10-21(16)17(22)24-18(2,3)4/h15-16,19H,7-14H2,1-6H3. The Hall–Kier alpha value is -0.850. The minimum atomic E-state index is -0.433. The summed E-state index contributed by atoms with van der Waals surface area (Å²) in [5.74, 6) is 0. The van der Waals surface area contributed by atoms with Gasteiger partial charge in [-0.1, -0.05) is 0 Å². The molecule has 0 saturated carbocycles. The maximum absolute atomic E-state index is 12.3. The first-order chi connectivity index (χ1) is 11.2. The average Bonchev–Trinajstić information content (AvgIpc) is 2.88. The van der Waals surface area contributed by atoms with Crippen LogP contribution in [0.15, 0.2) is 0 Å². The molecule has 0 bridgehead atoms. The van der Waals surface area contributed by atoms with Crippen molar-refractivity contribution in [1.82, 2.24) is 15.1 Å². The molecule has 0 aromatic heterocycles. The first-order valence-corrected chi connectivity index (χ1v) is 9.14. The molecule has 0 aromatic rings. The fourth-order valence-electron chi connectivity index (χ4n) is 2.86. The Morgan fingerprint density at radius 1 is 1.33 bits per heavy atom. The predicted molar refractivity (Wildman–Crippen MR) is 97.4 cm³/mol. The van der Waals surface area contributed by atoms with Crippen molar-refractivity contribution in [3.05, 3.63) is 0 Å². The molecule has 0 aliphatic carbocycles. The van der Waals surface area contributed by atoms with Crippen molar-refractivity contribution in [3.8, 4) is 0 Å². The molecule has 1 amide bonds. The molecule has 0 radical (unpaired) electrons. The highest BCUT2D eigenvalue weighted by molar-refractivity contribution is 5.68. The zero-order valence-corrected chi connectivity index (χ0v) is 16.4. The minimum absolute atomic E-state index is 0.177. The molecule has 1 rings (SSSR count). The van der Waals surface area contributed by atoms with Gasteiger partial charge in [0.2, 0.25) is 0 Å². The molecule has 1 N–H and O–H groups in total. The third-order valence-corrected chi connectivity index (χ3v) is 4.05.